The molecular formula is C14H16N2O2. The number of nitrogens with zero attached hydrogens (tertiary/aromatic N) is 1. The van der Waals surface area contributed by atoms with Gasteiger partial charge >= 0.3 is 0 Å². The molecule has 1 aromatic heterocycles. The second-order valence-electron chi connectivity index (χ2n) is 4.71. The van der Waals surface area contributed by atoms with E-state index in [1.54, 1.807) is 7.11 Å². The van der Waals surface area contributed by atoms with Crippen LogP contribution in [0.3, 0.4) is 0 Å². The van der Waals surface area contributed by atoms with E-state index in [0.29, 0.717) is 12.6 Å². The van der Waals surface area contributed by atoms with Crippen LogP contribution in [-0.2, 0) is 11.3 Å². The molecule has 0 aliphatic heterocycles. The van der Waals surface area contributed by atoms with Gasteiger partial charge in [0.15, 0.2) is 0 Å². The van der Waals surface area contributed by atoms with Crippen LogP contribution in [0.5, 0.6) is 5.75 Å². The molecule has 0 saturated heterocycles. The van der Waals surface area contributed by atoms with Crippen LogP contribution < -0.4 is 10.1 Å². The summed E-state index contributed by atoms with van der Waals surface area (Å²) in [5.74, 6) is 0.925. The first kappa shape index (κ1) is 11.1. The number of benzene rings is 1. The van der Waals surface area contributed by atoms with Gasteiger partial charge in [-0.1, -0.05) is 0 Å². The third-order valence-electron chi connectivity index (χ3n) is 3.23. The maximum atomic E-state index is 11.8. The van der Waals surface area contributed by atoms with Gasteiger partial charge in [0.05, 0.1) is 7.11 Å². The molecule has 0 atom stereocenters. The van der Waals surface area contributed by atoms with Crippen molar-refractivity contribution in [3.63, 3.8) is 0 Å². The van der Waals surface area contributed by atoms with Crippen molar-refractivity contribution in [2.45, 2.75) is 25.4 Å². The van der Waals surface area contributed by atoms with Crippen LogP contribution in [0.2, 0.25) is 0 Å². The van der Waals surface area contributed by atoms with Gasteiger partial charge < -0.3 is 14.6 Å². The molecule has 0 spiro atoms. The fraction of sp³-hybridized carbons (Fsp3) is 0.357. The molecule has 4 heteroatoms. The number of methoxy groups -OCH3 is 1. The van der Waals surface area contributed by atoms with Gasteiger partial charge in [-0.3, -0.25) is 4.79 Å². The summed E-state index contributed by atoms with van der Waals surface area (Å²) in [5, 5.41) is 4.09. The van der Waals surface area contributed by atoms with Gasteiger partial charge in [-0.2, -0.15) is 0 Å². The summed E-state index contributed by atoms with van der Waals surface area (Å²) < 4.78 is 7.15. The topological polar surface area (TPSA) is 43.3 Å². The molecule has 0 unspecified atom stereocenters. The summed E-state index contributed by atoms with van der Waals surface area (Å²) in [6, 6.07) is 8.29. The minimum Gasteiger partial charge on any atom is -0.497 e. The summed E-state index contributed by atoms with van der Waals surface area (Å²) in [7, 11) is 1.65. The first-order valence-corrected chi connectivity index (χ1v) is 6.18. The Morgan fingerprint density at radius 1 is 1.44 bits per heavy atom. The van der Waals surface area contributed by atoms with Crippen LogP contribution in [0.15, 0.2) is 30.5 Å². The van der Waals surface area contributed by atoms with E-state index in [-0.39, 0.29) is 5.91 Å². The smallest absolute Gasteiger partial charge is 0.240 e. The van der Waals surface area contributed by atoms with E-state index in [4.69, 9.17) is 4.74 Å². The van der Waals surface area contributed by atoms with Crippen molar-refractivity contribution in [3.05, 3.63) is 30.5 Å². The standard InChI is InChI=1S/C14H16N2O2/c1-18-12-4-5-13-10(8-12)6-7-16(13)9-14(17)15-11-2-3-11/h4-8,11H,2-3,9H2,1H3,(H,15,17). The molecule has 94 valence electrons. The average molecular weight is 244 g/mol. The van der Waals surface area contributed by atoms with E-state index >= 15 is 0 Å². The molecule has 2 aromatic rings. The van der Waals surface area contributed by atoms with Crippen LogP contribution in [0.1, 0.15) is 12.8 Å². The van der Waals surface area contributed by atoms with Crippen molar-refractivity contribution in [1.29, 1.82) is 0 Å². The summed E-state index contributed by atoms with van der Waals surface area (Å²) in [4.78, 5) is 11.8. The van der Waals surface area contributed by atoms with E-state index in [9.17, 15) is 4.79 Å². The number of carbonyl (C=O) groups excluding carboxylic acids is 1. The maximum Gasteiger partial charge on any atom is 0.240 e. The molecule has 1 N–H and O–H groups in total. The number of fused-ring (bicyclic) bond motifs is 1. The fourth-order valence-corrected chi connectivity index (χ4v) is 2.10. The Labute approximate surface area is 106 Å². The Kier molecular flexibility index (Phi) is 2.70. The highest BCUT2D eigenvalue weighted by Gasteiger charge is 2.23. The largest absolute Gasteiger partial charge is 0.497 e. The average Bonchev–Trinajstić information content (AvgIpc) is 3.10. The summed E-state index contributed by atoms with van der Waals surface area (Å²) in [6.45, 7) is 0.381. The molecule has 0 bridgehead atoms. The van der Waals surface area contributed by atoms with Crippen molar-refractivity contribution >= 4 is 16.8 Å². The Morgan fingerprint density at radius 3 is 3.00 bits per heavy atom. The number of hydrogen-bond donors (Lipinski definition) is 1. The second kappa shape index (κ2) is 4.37. The summed E-state index contributed by atoms with van der Waals surface area (Å²) in [6.07, 6.45) is 4.18. The van der Waals surface area contributed by atoms with Gasteiger partial charge in [-0.15, -0.1) is 0 Å². The van der Waals surface area contributed by atoms with Gasteiger partial charge in [0.25, 0.3) is 0 Å². The van der Waals surface area contributed by atoms with Gasteiger partial charge in [0.2, 0.25) is 5.91 Å². The highest BCUT2D eigenvalue weighted by atomic mass is 16.5. The van der Waals surface area contributed by atoms with Crippen molar-refractivity contribution in [2.24, 2.45) is 0 Å². The molecular weight excluding hydrogens is 228 g/mol. The number of aromatic nitrogens is 1. The molecule has 1 fully saturated rings. The van der Waals surface area contributed by atoms with E-state index in [1.165, 1.54) is 0 Å². The normalized spacial score (nSPS) is 14.7. The molecule has 1 aliphatic carbocycles. The van der Waals surface area contributed by atoms with Crippen LogP contribution in [0, 0.1) is 0 Å². The summed E-state index contributed by atoms with van der Waals surface area (Å²) >= 11 is 0. The van der Waals surface area contributed by atoms with Gasteiger partial charge in [-0.25, -0.2) is 0 Å². The zero-order chi connectivity index (χ0) is 12.5. The first-order valence-electron chi connectivity index (χ1n) is 6.18. The van der Waals surface area contributed by atoms with Crippen LogP contribution >= 0.6 is 0 Å². The quantitative estimate of drug-likeness (QED) is 0.893. The van der Waals surface area contributed by atoms with Crippen LogP contribution in [0.4, 0.5) is 0 Å². The molecule has 1 aromatic carbocycles. The molecule has 1 amide bonds. The highest BCUT2D eigenvalue weighted by Crippen LogP contribution is 2.22. The lowest BCUT2D eigenvalue weighted by molar-refractivity contribution is -0.121. The van der Waals surface area contributed by atoms with Crippen molar-refractivity contribution in [3.8, 4) is 5.75 Å². The monoisotopic (exact) mass is 244 g/mol. The Bertz CT molecular complexity index is 584. The number of amides is 1. The number of nitrogens with one attached hydrogen (secondary N) is 1. The number of hydrogen-bond acceptors (Lipinski definition) is 2. The van der Waals surface area contributed by atoms with E-state index in [1.807, 2.05) is 35.0 Å². The zero-order valence-corrected chi connectivity index (χ0v) is 10.3. The fourth-order valence-electron chi connectivity index (χ4n) is 2.10. The Balaban J connectivity index is 1.81. The van der Waals surface area contributed by atoms with E-state index < -0.39 is 0 Å². The molecule has 1 aliphatic rings. The van der Waals surface area contributed by atoms with Gasteiger partial charge in [0, 0.05) is 23.1 Å². The molecule has 3 rings (SSSR count). The van der Waals surface area contributed by atoms with Gasteiger partial charge in [0.1, 0.15) is 12.3 Å². The number of rotatable bonds is 4. The second-order valence-corrected chi connectivity index (χ2v) is 4.71. The number of carbonyl (C=O) groups is 1. The maximum absolute atomic E-state index is 11.8. The van der Waals surface area contributed by atoms with Crippen LogP contribution in [-0.4, -0.2) is 23.6 Å². The van der Waals surface area contributed by atoms with Crippen LogP contribution in [0.25, 0.3) is 10.9 Å². The zero-order valence-electron chi connectivity index (χ0n) is 10.3. The van der Waals surface area contributed by atoms with Crippen molar-refractivity contribution in [1.82, 2.24) is 9.88 Å². The third-order valence-corrected chi connectivity index (χ3v) is 3.23. The predicted molar refractivity (Wildman–Crippen MR) is 69.7 cm³/mol. The molecule has 0 radical (unpaired) electrons. The molecule has 4 nitrogen and oxygen atoms in total. The third kappa shape index (κ3) is 2.18. The van der Waals surface area contributed by atoms with Crippen molar-refractivity contribution < 1.29 is 9.53 Å². The Hall–Kier alpha value is -1.97. The molecule has 1 saturated carbocycles. The lowest BCUT2D eigenvalue weighted by Crippen LogP contribution is -2.28. The summed E-state index contributed by atoms with van der Waals surface area (Å²) in [5.41, 5.74) is 1.06. The minimum absolute atomic E-state index is 0.0887. The minimum atomic E-state index is 0.0887. The molecule has 1 heterocycles. The lowest BCUT2D eigenvalue weighted by atomic mass is 10.2. The predicted octanol–water partition coefficient (Wildman–Crippen LogP) is 1.93. The first-order chi connectivity index (χ1) is 8.76. The molecule has 18 heavy (non-hydrogen) atoms. The van der Waals surface area contributed by atoms with Crippen molar-refractivity contribution in [2.75, 3.05) is 7.11 Å². The van der Waals surface area contributed by atoms with E-state index in [0.717, 1.165) is 29.5 Å². The van der Waals surface area contributed by atoms with E-state index in [2.05, 4.69) is 5.32 Å². The van der Waals surface area contributed by atoms with Gasteiger partial charge in [-0.05, 0) is 37.1 Å². The lowest BCUT2D eigenvalue weighted by Gasteiger charge is -2.06. The SMILES string of the molecule is COc1ccc2c(ccn2CC(=O)NC2CC2)c1. The highest BCUT2D eigenvalue weighted by molar-refractivity contribution is 5.84. The Morgan fingerprint density at radius 2 is 2.28 bits per heavy atom. The number of ether oxygens (including phenoxy) is 1.